The molecule has 0 aliphatic carbocycles. The van der Waals surface area contributed by atoms with Crippen LogP contribution in [0.3, 0.4) is 0 Å². The summed E-state index contributed by atoms with van der Waals surface area (Å²) in [6, 6.07) is 8.52. The first kappa shape index (κ1) is 14.4. The molecule has 6 nitrogen and oxygen atoms in total. The van der Waals surface area contributed by atoms with E-state index in [1.807, 2.05) is 16.8 Å². The van der Waals surface area contributed by atoms with E-state index < -0.39 is 0 Å². The highest BCUT2D eigenvalue weighted by Crippen LogP contribution is 2.32. The molecule has 0 bridgehead atoms. The molecule has 23 heavy (non-hydrogen) atoms. The molecule has 0 radical (unpaired) electrons. The van der Waals surface area contributed by atoms with Crippen LogP contribution in [0.4, 0.5) is 0 Å². The molecule has 120 valence electrons. The summed E-state index contributed by atoms with van der Waals surface area (Å²) in [6.07, 6.45) is 4.06. The van der Waals surface area contributed by atoms with Crippen molar-refractivity contribution in [2.45, 2.75) is 45.2 Å². The van der Waals surface area contributed by atoms with Gasteiger partial charge in [0.25, 0.3) is 0 Å². The number of nitrogens with zero attached hydrogens (tertiary/aromatic N) is 5. The molecular weight excluding hydrogens is 290 g/mol. The molecule has 0 aromatic carbocycles. The number of pyridine rings is 1. The number of hydrogen-bond acceptors (Lipinski definition) is 5. The van der Waals surface area contributed by atoms with Crippen LogP contribution in [0.1, 0.15) is 56.1 Å². The summed E-state index contributed by atoms with van der Waals surface area (Å²) >= 11 is 0. The SMILES string of the molecule is CC(C)c1noc([C@@H]2CCCN2Cc2cccc3ccnn23)n1. The number of fused-ring (bicyclic) bond motifs is 1. The Hall–Kier alpha value is -2.21. The van der Waals surface area contributed by atoms with Crippen LogP contribution in [0.25, 0.3) is 5.52 Å². The van der Waals surface area contributed by atoms with Gasteiger partial charge in [0.1, 0.15) is 0 Å². The third-order valence-corrected chi connectivity index (χ3v) is 4.49. The van der Waals surface area contributed by atoms with Gasteiger partial charge in [-0.15, -0.1) is 0 Å². The van der Waals surface area contributed by atoms with E-state index in [0.717, 1.165) is 43.2 Å². The average molecular weight is 311 g/mol. The van der Waals surface area contributed by atoms with Gasteiger partial charge in [0.2, 0.25) is 5.89 Å². The number of likely N-dealkylation sites (tertiary alicyclic amines) is 1. The lowest BCUT2D eigenvalue weighted by atomic mass is 10.2. The number of aromatic nitrogens is 4. The quantitative estimate of drug-likeness (QED) is 0.740. The Morgan fingerprint density at radius 2 is 2.22 bits per heavy atom. The van der Waals surface area contributed by atoms with Gasteiger partial charge in [0.05, 0.1) is 17.3 Å². The van der Waals surface area contributed by atoms with Crippen molar-refractivity contribution in [3.63, 3.8) is 0 Å². The van der Waals surface area contributed by atoms with Crippen LogP contribution < -0.4 is 0 Å². The predicted octanol–water partition coefficient (Wildman–Crippen LogP) is 3.18. The largest absolute Gasteiger partial charge is 0.338 e. The molecule has 0 spiro atoms. The maximum absolute atomic E-state index is 5.53. The fraction of sp³-hybridized carbons (Fsp3) is 0.471. The Labute approximate surface area is 135 Å². The topological polar surface area (TPSA) is 59.5 Å². The summed E-state index contributed by atoms with van der Waals surface area (Å²) in [4.78, 5) is 7.00. The molecule has 1 fully saturated rings. The number of hydrogen-bond donors (Lipinski definition) is 0. The third kappa shape index (κ3) is 2.63. The first-order valence-corrected chi connectivity index (χ1v) is 8.21. The van der Waals surface area contributed by atoms with Gasteiger partial charge in [0, 0.05) is 18.7 Å². The molecule has 3 aromatic rings. The fourth-order valence-electron chi connectivity index (χ4n) is 3.25. The van der Waals surface area contributed by atoms with E-state index in [1.165, 1.54) is 5.69 Å². The van der Waals surface area contributed by atoms with Crippen molar-refractivity contribution >= 4 is 5.52 Å². The molecule has 0 N–H and O–H groups in total. The van der Waals surface area contributed by atoms with Crippen LogP contribution in [-0.4, -0.2) is 31.2 Å². The monoisotopic (exact) mass is 311 g/mol. The molecule has 3 aromatic heterocycles. The smallest absolute Gasteiger partial charge is 0.244 e. The van der Waals surface area contributed by atoms with Gasteiger partial charge in [-0.2, -0.15) is 10.1 Å². The summed E-state index contributed by atoms with van der Waals surface area (Å²) in [5.41, 5.74) is 2.31. The predicted molar refractivity (Wildman–Crippen MR) is 86.0 cm³/mol. The zero-order chi connectivity index (χ0) is 15.8. The summed E-state index contributed by atoms with van der Waals surface area (Å²) in [7, 11) is 0. The lowest BCUT2D eigenvalue weighted by Gasteiger charge is -2.21. The van der Waals surface area contributed by atoms with Crippen molar-refractivity contribution < 1.29 is 4.52 Å². The summed E-state index contributed by atoms with van der Waals surface area (Å²) in [5.74, 6) is 1.83. The van der Waals surface area contributed by atoms with Crippen LogP contribution in [0.15, 0.2) is 35.0 Å². The molecule has 0 amide bonds. The number of rotatable bonds is 4. The van der Waals surface area contributed by atoms with Crippen molar-refractivity contribution in [3.8, 4) is 0 Å². The molecular formula is C17H21N5O. The van der Waals surface area contributed by atoms with Gasteiger partial charge in [-0.05, 0) is 37.6 Å². The Bertz CT molecular complexity index is 806. The highest BCUT2D eigenvalue weighted by Gasteiger charge is 2.31. The Kier molecular flexibility index (Phi) is 3.61. The van der Waals surface area contributed by atoms with Gasteiger partial charge >= 0.3 is 0 Å². The van der Waals surface area contributed by atoms with Crippen molar-refractivity contribution in [3.05, 3.63) is 47.9 Å². The average Bonchev–Trinajstić information content (AvgIpc) is 3.27. The van der Waals surface area contributed by atoms with Crippen molar-refractivity contribution in [2.75, 3.05) is 6.54 Å². The standard InChI is InChI=1S/C17H21N5O/c1-12(2)16-19-17(23-20-16)15-7-4-10-21(15)11-14-6-3-5-13-8-9-18-22(13)14/h3,5-6,8-9,12,15H,4,7,10-11H2,1-2H3/t15-/m0/s1. The van der Waals surface area contributed by atoms with Crippen LogP contribution in [0.2, 0.25) is 0 Å². The summed E-state index contributed by atoms with van der Waals surface area (Å²) in [5, 5.41) is 8.54. The van der Waals surface area contributed by atoms with Crippen molar-refractivity contribution in [1.29, 1.82) is 0 Å². The third-order valence-electron chi connectivity index (χ3n) is 4.49. The lowest BCUT2D eigenvalue weighted by molar-refractivity contribution is 0.198. The van der Waals surface area contributed by atoms with Crippen LogP contribution in [0.5, 0.6) is 0 Å². The van der Waals surface area contributed by atoms with E-state index in [9.17, 15) is 0 Å². The molecule has 1 saturated heterocycles. The zero-order valence-corrected chi connectivity index (χ0v) is 13.5. The Morgan fingerprint density at radius 1 is 1.30 bits per heavy atom. The van der Waals surface area contributed by atoms with Gasteiger partial charge < -0.3 is 4.52 Å². The van der Waals surface area contributed by atoms with Crippen LogP contribution in [-0.2, 0) is 6.54 Å². The maximum atomic E-state index is 5.53. The highest BCUT2D eigenvalue weighted by molar-refractivity contribution is 5.46. The van der Waals surface area contributed by atoms with Crippen LogP contribution in [0, 0.1) is 0 Å². The second kappa shape index (κ2) is 5.77. The van der Waals surface area contributed by atoms with Crippen molar-refractivity contribution in [1.82, 2.24) is 24.7 Å². The van der Waals surface area contributed by atoms with E-state index in [1.54, 1.807) is 0 Å². The van der Waals surface area contributed by atoms with E-state index in [4.69, 9.17) is 4.52 Å². The molecule has 0 saturated carbocycles. The van der Waals surface area contributed by atoms with Gasteiger partial charge in [-0.1, -0.05) is 25.1 Å². The van der Waals surface area contributed by atoms with Crippen LogP contribution >= 0.6 is 0 Å². The van der Waals surface area contributed by atoms with Gasteiger partial charge in [-0.25, -0.2) is 4.52 Å². The minimum absolute atomic E-state index is 0.209. The highest BCUT2D eigenvalue weighted by atomic mass is 16.5. The normalized spacial score (nSPS) is 19.2. The minimum Gasteiger partial charge on any atom is -0.338 e. The second-order valence-electron chi connectivity index (χ2n) is 6.46. The van der Waals surface area contributed by atoms with Crippen molar-refractivity contribution in [2.24, 2.45) is 0 Å². The van der Waals surface area contributed by atoms with E-state index >= 15 is 0 Å². The molecule has 0 unspecified atom stereocenters. The molecule has 1 aliphatic rings. The Balaban J connectivity index is 1.59. The maximum Gasteiger partial charge on any atom is 0.244 e. The zero-order valence-electron chi connectivity index (χ0n) is 13.5. The first-order chi connectivity index (χ1) is 11.2. The van der Waals surface area contributed by atoms with Gasteiger partial charge in [-0.3, -0.25) is 4.90 Å². The molecule has 4 heterocycles. The molecule has 1 aliphatic heterocycles. The second-order valence-corrected chi connectivity index (χ2v) is 6.46. The van der Waals surface area contributed by atoms with E-state index in [-0.39, 0.29) is 6.04 Å². The van der Waals surface area contributed by atoms with Gasteiger partial charge in [0.15, 0.2) is 5.82 Å². The summed E-state index contributed by atoms with van der Waals surface area (Å²) < 4.78 is 7.53. The molecule has 6 heteroatoms. The van der Waals surface area contributed by atoms with E-state index in [0.29, 0.717) is 5.92 Å². The first-order valence-electron chi connectivity index (χ1n) is 8.21. The minimum atomic E-state index is 0.209. The Morgan fingerprint density at radius 3 is 3.04 bits per heavy atom. The molecule has 4 rings (SSSR count). The van der Waals surface area contributed by atoms with E-state index in [2.05, 4.69) is 52.2 Å². The summed E-state index contributed by atoms with van der Waals surface area (Å²) in [6.45, 7) is 6.05. The lowest BCUT2D eigenvalue weighted by Crippen LogP contribution is -2.24. The fourth-order valence-corrected chi connectivity index (χ4v) is 3.25. The molecule has 1 atom stereocenters.